The minimum absolute atomic E-state index is 0.0346. The summed E-state index contributed by atoms with van der Waals surface area (Å²) >= 11 is 5.85. The van der Waals surface area contributed by atoms with E-state index in [9.17, 15) is 9.59 Å². The van der Waals surface area contributed by atoms with Gasteiger partial charge in [-0.05, 0) is 17.7 Å². The number of rotatable bonds is 2. The molecule has 1 aromatic rings. The molecule has 100 valence electrons. The number of carbonyl (C=O) groups excluding carboxylic acids is 2. The number of amides is 1. The second-order valence-electron chi connectivity index (χ2n) is 4.39. The average molecular weight is 280 g/mol. The molecule has 1 atom stereocenters. The van der Waals surface area contributed by atoms with Gasteiger partial charge in [-0.1, -0.05) is 23.7 Å². The van der Waals surface area contributed by atoms with E-state index >= 15 is 0 Å². The number of hydrogen-bond donors (Lipinski definition) is 0. The molecule has 2 rings (SSSR count). The SMILES string of the molecule is COC(=O)C1=CN(C)C(=O)CC1c1ccc(Cl)cc1. The zero-order valence-electron chi connectivity index (χ0n) is 10.7. The maximum atomic E-state index is 11.8. The van der Waals surface area contributed by atoms with Crippen molar-refractivity contribution in [1.29, 1.82) is 0 Å². The van der Waals surface area contributed by atoms with Gasteiger partial charge in [-0.2, -0.15) is 0 Å². The molecule has 0 spiro atoms. The highest BCUT2D eigenvalue weighted by Gasteiger charge is 2.31. The lowest BCUT2D eigenvalue weighted by Crippen LogP contribution is -2.31. The number of nitrogens with zero attached hydrogens (tertiary/aromatic N) is 1. The number of esters is 1. The fraction of sp³-hybridized carbons (Fsp3) is 0.286. The second kappa shape index (κ2) is 5.45. The van der Waals surface area contributed by atoms with Crippen molar-refractivity contribution < 1.29 is 14.3 Å². The normalized spacial score (nSPS) is 19.1. The van der Waals surface area contributed by atoms with Gasteiger partial charge in [-0.15, -0.1) is 0 Å². The van der Waals surface area contributed by atoms with Gasteiger partial charge < -0.3 is 9.64 Å². The Hall–Kier alpha value is -1.81. The number of methoxy groups -OCH3 is 1. The fourth-order valence-corrected chi connectivity index (χ4v) is 2.23. The standard InChI is InChI=1S/C14H14ClNO3/c1-16-8-12(14(18)19-2)11(7-13(16)17)9-3-5-10(15)6-4-9/h3-6,8,11H,7H2,1-2H3. The van der Waals surface area contributed by atoms with Gasteiger partial charge in [0.1, 0.15) is 0 Å². The van der Waals surface area contributed by atoms with Crippen LogP contribution in [0, 0.1) is 0 Å². The van der Waals surface area contributed by atoms with E-state index in [0.29, 0.717) is 10.6 Å². The molecule has 4 nitrogen and oxygen atoms in total. The van der Waals surface area contributed by atoms with E-state index in [0.717, 1.165) is 5.56 Å². The molecular formula is C14H14ClNO3. The van der Waals surface area contributed by atoms with Crippen molar-refractivity contribution in [3.63, 3.8) is 0 Å². The lowest BCUT2D eigenvalue weighted by molar-refractivity contribution is -0.137. The highest BCUT2D eigenvalue weighted by Crippen LogP contribution is 2.33. The summed E-state index contributed by atoms with van der Waals surface area (Å²) in [5.41, 5.74) is 1.36. The van der Waals surface area contributed by atoms with Crippen LogP contribution in [0.25, 0.3) is 0 Å². The quantitative estimate of drug-likeness (QED) is 0.781. The smallest absolute Gasteiger partial charge is 0.335 e. The Labute approximate surface area is 116 Å². The highest BCUT2D eigenvalue weighted by atomic mass is 35.5. The Morgan fingerprint density at radius 2 is 2.00 bits per heavy atom. The van der Waals surface area contributed by atoms with Gasteiger partial charge >= 0.3 is 5.97 Å². The van der Waals surface area contributed by atoms with Crippen LogP contribution in [0.1, 0.15) is 17.9 Å². The van der Waals surface area contributed by atoms with E-state index in [1.165, 1.54) is 18.2 Å². The monoisotopic (exact) mass is 279 g/mol. The molecule has 0 bridgehead atoms. The summed E-state index contributed by atoms with van der Waals surface area (Å²) in [5.74, 6) is -0.736. The predicted molar refractivity (Wildman–Crippen MR) is 71.7 cm³/mol. The van der Waals surface area contributed by atoms with Crippen molar-refractivity contribution in [1.82, 2.24) is 4.90 Å². The summed E-state index contributed by atoms with van der Waals surface area (Å²) in [6, 6.07) is 7.13. The number of ether oxygens (including phenoxy) is 1. The van der Waals surface area contributed by atoms with Gasteiger partial charge in [0.25, 0.3) is 0 Å². The molecular weight excluding hydrogens is 266 g/mol. The Kier molecular flexibility index (Phi) is 3.90. The molecule has 1 aliphatic rings. The van der Waals surface area contributed by atoms with E-state index in [4.69, 9.17) is 16.3 Å². The third kappa shape index (κ3) is 2.79. The zero-order chi connectivity index (χ0) is 14.0. The lowest BCUT2D eigenvalue weighted by Gasteiger charge is -2.27. The molecule has 1 amide bonds. The summed E-state index contributed by atoms with van der Waals surface area (Å²) in [5, 5.41) is 0.617. The molecule has 19 heavy (non-hydrogen) atoms. The van der Waals surface area contributed by atoms with E-state index in [2.05, 4.69) is 0 Å². The van der Waals surface area contributed by atoms with Gasteiger partial charge in [0, 0.05) is 30.6 Å². The molecule has 1 unspecified atom stereocenters. The summed E-state index contributed by atoms with van der Waals surface area (Å²) in [7, 11) is 2.96. The molecule has 0 N–H and O–H groups in total. The molecule has 0 saturated heterocycles. The third-order valence-corrected chi connectivity index (χ3v) is 3.43. The fourth-order valence-electron chi connectivity index (χ4n) is 2.10. The second-order valence-corrected chi connectivity index (χ2v) is 4.83. The van der Waals surface area contributed by atoms with Gasteiger partial charge in [-0.25, -0.2) is 4.79 Å². The Morgan fingerprint density at radius 1 is 1.37 bits per heavy atom. The van der Waals surface area contributed by atoms with Crippen LogP contribution in [0.15, 0.2) is 36.0 Å². The van der Waals surface area contributed by atoms with Crippen LogP contribution < -0.4 is 0 Å². The number of halogens is 1. The summed E-state index contributed by atoms with van der Waals surface area (Å²) in [6.45, 7) is 0. The molecule has 1 heterocycles. The molecule has 1 aromatic carbocycles. The van der Waals surface area contributed by atoms with Crippen LogP contribution in [0.3, 0.4) is 0 Å². The number of hydrogen-bond acceptors (Lipinski definition) is 3. The number of carbonyl (C=O) groups is 2. The molecule has 0 fully saturated rings. The Balaban J connectivity index is 2.41. The molecule has 0 radical (unpaired) electrons. The Bertz CT molecular complexity index is 536. The first-order valence-corrected chi connectivity index (χ1v) is 6.22. The van der Waals surface area contributed by atoms with E-state index < -0.39 is 5.97 Å². The lowest BCUT2D eigenvalue weighted by atomic mass is 9.86. The van der Waals surface area contributed by atoms with Crippen molar-refractivity contribution in [3.8, 4) is 0 Å². The largest absolute Gasteiger partial charge is 0.466 e. The maximum Gasteiger partial charge on any atom is 0.335 e. The van der Waals surface area contributed by atoms with Gasteiger partial charge in [0.05, 0.1) is 12.7 Å². The first-order chi connectivity index (χ1) is 9.02. The molecule has 0 saturated carbocycles. The van der Waals surface area contributed by atoms with Gasteiger partial charge in [0.15, 0.2) is 0 Å². The first kappa shape index (κ1) is 13.6. The maximum absolute atomic E-state index is 11.8. The van der Waals surface area contributed by atoms with Crippen molar-refractivity contribution in [2.45, 2.75) is 12.3 Å². The highest BCUT2D eigenvalue weighted by molar-refractivity contribution is 6.30. The topological polar surface area (TPSA) is 46.6 Å². The van der Waals surface area contributed by atoms with E-state index in [-0.39, 0.29) is 18.2 Å². The molecule has 0 aromatic heterocycles. The molecule has 5 heteroatoms. The minimum atomic E-state index is -0.417. The van der Waals surface area contributed by atoms with Crippen LogP contribution in [-0.4, -0.2) is 30.9 Å². The van der Waals surface area contributed by atoms with Crippen molar-refractivity contribution in [2.24, 2.45) is 0 Å². The van der Waals surface area contributed by atoms with Crippen molar-refractivity contribution in [3.05, 3.63) is 46.6 Å². The van der Waals surface area contributed by atoms with E-state index in [1.807, 2.05) is 12.1 Å². The van der Waals surface area contributed by atoms with Gasteiger partial charge in [0.2, 0.25) is 5.91 Å². The summed E-state index contributed by atoms with van der Waals surface area (Å²) in [4.78, 5) is 25.0. The van der Waals surface area contributed by atoms with Crippen LogP contribution >= 0.6 is 11.6 Å². The van der Waals surface area contributed by atoms with Crippen LogP contribution in [-0.2, 0) is 14.3 Å². The van der Waals surface area contributed by atoms with Crippen LogP contribution in [0.5, 0.6) is 0 Å². The summed E-state index contributed by atoms with van der Waals surface area (Å²) < 4.78 is 4.78. The van der Waals surface area contributed by atoms with Crippen LogP contribution in [0.4, 0.5) is 0 Å². The van der Waals surface area contributed by atoms with Crippen molar-refractivity contribution in [2.75, 3.05) is 14.2 Å². The average Bonchev–Trinajstić information content (AvgIpc) is 2.41. The zero-order valence-corrected chi connectivity index (χ0v) is 11.5. The first-order valence-electron chi connectivity index (χ1n) is 5.84. The minimum Gasteiger partial charge on any atom is -0.466 e. The molecule has 0 aliphatic carbocycles. The van der Waals surface area contributed by atoms with Crippen molar-refractivity contribution >= 4 is 23.5 Å². The molecule has 1 aliphatic heterocycles. The third-order valence-electron chi connectivity index (χ3n) is 3.17. The number of benzene rings is 1. The van der Waals surface area contributed by atoms with Gasteiger partial charge in [-0.3, -0.25) is 4.79 Å². The predicted octanol–water partition coefficient (Wildman–Crippen LogP) is 2.34. The van der Waals surface area contributed by atoms with E-state index in [1.54, 1.807) is 19.2 Å². The summed E-state index contributed by atoms with van der Waals surface area (Å²) in [6.07, 6.45) is 1.79. The van der Waals surface area contributed by atoms with Crippen LogP contribution in [0.2, 0.25) is 5.02 Å². The Morgan fingerprint density at radius 3 is 2.58 bits per heavy atom.